The number of halogens is 2. The van der Waals surface area contributed by atoms with Gasteiger partial charge in [0.25, 0.3) is 6.43 Å². The summed E-state index contributed by atoms with van der Waals surface area (Å²) in [7, 11) is 0.921. The van der Waals surface area contributed by atoms with E-state index in [0.29, 0.717) is 24.4 Å². The van der Waals surface area contributed by atoms with Crippen LogP contribution in [-0.4, -0.2) is 27.4 Å². The Kier molecular flexibility index (Phi) is 3.41. The van der Waals surface area contributed by atoms with Gasteiger partial charge < -0.3 is 14.0 Å². The quantitative estimate of drug-likeness (QED) is 0.731. The lowest BCUT2D eigenvalue weighted by molar-refractivity contribution is 0.151. The Labute approximate surface area is 92.4 Å². The van der Waals surface area contributed by atoms with Crippen molar-refractivity contribution >= 4 is 12.6 Å². The lowest BCUT2D eigenvalue weighted by Crippen LogP contribution is -2.32. The van der Waals surface area contributed by atoms with E-state index in [4.69, 9.17) is 14.0 Å². The molecule has 0 aromatic heterocycles. The number of benzene rings is 1. The first-order valence-electron chi connectivity index (χ1n) is 4.91. The van der Waals surface area contributed by atoms with E-state index in [-0.39, 0.29) is 5.56 Å². The molecule has 86 valence electrons. The van der Waals surface area contributed by atoms with E-state index in [1.54, 1.807) is 6.07 Å². The highest BCUT2D eigenvalue weighted by atomic mass is 19.3. The summed E-state index contributed by atoms with van der Waals surface area (Å²) in [6.07, 6.45) is -2.51. The second-order valence-electron chi connectivity index (χ2n) is 3.38. The van der Waals surface area contributed by atoms with Gasteiger partial charge in [0.2, 0.25) is 0 Å². The molecule has 1 fully saturated rings. The van der Waals surface area contributed by atoms with Crippen molar-refractivity contribution in [3.63, 3.8) is 0 Å². The standard InChI is InChI=1S/C10H11BF2O3/c1-14-9-6-7(10(12)13)2-3-8(9)11-15-4-5-16-11/h2-3,6,10H,4-5H2,1H3. The number of methoxy groups -OCH3 is 1. The fourth-order valence-corrected chi connectivity index (χ4v) is 1.60. The van der Waals surface area contributed by atoms with Crippen LogP contribution < -0.4 is 10.2 Å². The Morgan fingerprint density at radius 2 is 2.00 bits per heavy atom. The lowest BCUT2D eigenvalue weighted by Gasteiger charge is -2.11. The molecule has 1 saturated heterocycles. The summed E-state index contributed by atoms with van der Waals surface area (Å²) in [5.74, 6) is 0.365. The number of hydrogen-bond acceptors (Lipinski definition) is 3. The van der Waals surface area contributed by atoms with Crippen LogP contribution in [0.3, 0.4) is 0 Å². The molecule has 16 heavy (non-hydrogen) atoms. The number of ether oxygens (including phenoxy) is 1. The third-order valence-electron chi connectivity index (χ3n) is 2.39. The molecule has 0 amide bonds. The molecule has 1 aromatic rings. The summed E-state index contributed by atoms with van der Waals surface area (Å²) in [5, 5.41) is 0. The Morgan fingerprint density at radius 1 is 1.31 bits per heavy atom. The summed E-state index contributed by atoms with van der Waals surface area (Å²) in [5.41, 5.74) is 0.572. The molecule has 2 rings (SSSR count). The normalized spacial score (nSPS) is 15.9. The van der Waals surface area contributed by atoms with Crippen LogP contribution in [0.2, 0.25) is 0 Å². The molecule has 6 heteroatoms. The van der Waals surface area contributed by atoms with Gasteiger partial charge in [0.15, 0.2) is 0 Å². The van der Waals surface area contributed by atoms with E-state index in [1.807, 2.05) is 0 Å². The smallest absolute Gasteiger partial charge is 0.497 e. The minimum atomic E-state index is -2.51. The van der Waals surface area contributed by atoms with Gasteiger partial charge in [-0.3, -0.25) is 0 Å². The van der Waals surface area contributed by atoms with Crippen molar-refractivity contribution < 1.29 is 22.8 Å². The minimum absolute atomic E-state index is 0.0707. The maximum atomic E-state index is 12.5. The molecule has 0 N–H and O–H groups in total. The Bertz CT molecular complexity index is 367. The van der Waals surface area contributed by atoms with Gasteiger partial charge >= 0.3 is 7.12 Å². The molecule has 1 heterocycles. The van der Waals surface area contributed by atoms with Crippen molar-refractivity contribution in [2.75, 3.05) is 20.3 Å². The Morgan fingerprint density at radius 3 is 2.56 bits per heavy atom. The third-order valence-corrected chi connectivity index (χ3v) is 2.39. The topological polar surface area (TPSA) is 27.7 Å². The van der Waals surface area contributed by atoms with Gasteiger partial charge in [-0.05, 0) is 6.07 Å². The first-order chi connectivity index (χ1) is 7.72. The fraction of sp³-hybridized carbons (Fsp3) is 0.400. The molecule has 0 unspecified atom stereocenters. The number of alkyl halides is 2. The van der Waals surface area contributed by atoms with Gasteiger partial charge in [0.05, 0.1) is 20.3 Å². The van der Waals surface area contributed by atoms with Gasteiger partial charge in [-0.25, -0.2) is 8.78 Å². The van der Waals surface area contributed by atoms with Crippen LogP contribution in [0.5, 0.6) is 5.75 Å². The first kappa shape index (κ1) is 11.4. The summed E-state index contributed by atoms with van der Waals surface area (Å²) in [6, 6.07) is 4.22. The second-order valence-corrected chi connectivity index (χ2v) is 3.38. The summed E-state index contributed by atoms with van der Waals surface area (Å²) in [4.78, 5) is 0. The van der Waals surface area contributed by atoms with Crippen LogP contribution in [0, 0.1) is 0 Å². The minimum Gasteiger partial charge on any atom is -0.497 e. The van der Waals surface area contributed by atoms with Crippen LogP contribution >= 0.6 is 0 Å². The fourth-order valence-electron chi connectivity index (χ4n) is 1.60. The van der Waals surface area contributed by atoms with Gasteiger partial charge in [0.1, 0.15) is 5.75 Å². The van der Waals surface area contributed by atoms with Crippen molar-refractivity contribution in [3.8, 4) is 5.75 Å². The van der Waals surface area contributed by atoms with E-state index in [2.05, 4.69) is 0 Å². The highest BCUT2D eigenvalue weighted by molar-refractivity contribution is 6.62. The molecule has 3 nitrogen and oxygen atoms in total. The molecule has 0 atom stereocenters. The van der Waals surface area contributed by atoms with Crippen molar-refractivity contribution in [1.82, 2.24) is 0 Å². The molecule has 0 bridgehead atoms. The van der Waals surface area contributed by atoms with Gasteiger partial charge in [0, 0.05) is 11.0 Å². The monoisotopic (exact) mass is 228 g/mol. The highest BCUT2D eigenvalue weighted by Crippen LogP contribution is 2.22. The first-order valence-corrected chi connectivity index (χ1v) is 4.91. The van der Waals surface area contributed by atoms with Crippen LogP contribution in [0.25, 0.3) is 0 Å². The van der Waals surface area contributed by atoms with Gasteiger partial charge in [-0.1, -0.05) is 12.1 Å². The molecule has 1 aromatic carbocycles. The third kappa shape index (κ3) is 2.17. The van der Waals surface area contributed by atoms with Crippen molar-refractivity contribution in [2.45, 2.75) is 6.43 Å². The molecule has 0 radical (unpaired) electrons. The zero-order valence-corrected chi connectivity index (χ0v) is 8.78. The SMILES string of the molecule is COc1cc(C(F)F)ccc1B1OCCO1. The lowest BCUT2D eigenvalue weighted by atomic mass is 9.78. The molecule has 1 aliphatic rings. The average molecular weight is 228 g/mol. The molecule has 0 spiro atoms. The van der Waals surface area contributed by atoms with E-state index in [9.17, 15) is 8.78 Å². The van der Waals surface area contributed by atoms with Gasteiger partial charge in [-0.15, -0.1) is 0 Å². The van der Waals surface area contributed by atoms with Crippen LogP contribution in [-0.2, 0) is 9.31 Å². The molecular weight excluding hydrogens is 217 g/mol. The second kappa shape index (κ2) is 4.80. The zero-order chi connectivity index (χ0) is 11.5. The Balaban J connectivity index is 2.30. The van der Waals surface area contributed by atoms with Crippen molar-refractivity contribution in [2.24, 2.45) is 0 Å². The predicted octanol–water partition coefficient (Wildman–Crippen LogP) is 1.37. The number of rotatable bonds is 3. The molecular formula is C10H11BF2O3. The summed E-state index contributed by atoms with van der Waals surface area (Å²) < 4.78 is 40.6. The van der Waals surface area contributed by atoms with E-state index >= 15 is 0 Å². The maximum Gasteiger partial charge on any atom is 0.497 e. The van der Waals surface area contributed by atoms with Crippen LogP contribution in [0.1, 0.15) is 12.0 Å². The Hall–Kier alpha value is -1.14. The van der Waals surface area contributed by atoms with Crippen molar-refractivity contribution in [3.05, 3.63) is 23.8 Å². The predicted molar refractivity (Wildman–Crippen MR) is 55.2 cm³/mol. The van der Waals surface area contributed by atoms with Crippen molar-refractivity contribution in [1.29, 1.82) is 0 Å². The van der Waals surface area contributed by atoms with Gasteiger partial charge in [-0.2, -0.15) is 0 Å². The van der Waals surface area contributed by atoms with E-state index in [1.165, 1.54) is 19.2 Å². The highest BCUT2D eigenvalue weighted by Gasteiger charge is 2.29. The van der Waals surface area contributed by atoms with E-state index < -0.39 is 13.5 Å². The van der Waals surface area contributed by atoms with Crippen LogP contribution in [0.4, 0.5) is 8.78 Å². The zero-order valence-electron chi connectivity index (χ0n) is 8.78. The summed E-state index contributed by atoms with van der Waals surface area (Å²) >= 11 is 0. The number of hydrogen-bond donors (Lipinski definition) is 0. The van der Waals surface area contributed by atoms with E-state index in [0.717, 1.165) is 0 Å². The average Bonchev–Trinajstić information content (AvgIpc) is 2.81. The largest absolute Gasteiger partial charge is 0.497 e. The molecule has 1 aliphatic heterocycles. The molecule has 0 aliphatic carbocycles. The summed E-state index contributed by atoms with van der Waals surface area (Å²) in [6.45, 7) is 1.01. The maximum absolute atomic E-state index is 12.5. The van der Waals surface area contributed by atoms with Crippen LogP contribution in [0.15, 0.2) is 18.2 Å². The molecule has 0 saturated carbocycles.